The van der Waals surface area contributed by atoms with E-state index in [9.17, 15) is 27.2 Å². The van der Waals surface area contributed by atoms with E-state index in [1.807, 2.05) is 0 Å². The summed E-state index contributed by atoms with van der Waals surface area (Å²) in [5, 5.41) is 2.57. The van der Waals surface area contributed by atoms with Gasteiger partial charge in [-0.15, -0.1) is 0 Å². The van der Waals surface area contributed by atoms with Crippen LogP contribution >= 0.6 is 0 Å². The summed E-state index contributed by atoms with van der Waals surface area (Å²) in [5.41, 5.74) is -1.73. The van der Waals surface area contributed by atoms with Gasteiger partial charge in [0.15, 0.2) is 5.69 Å². The molecule has 1 N–H and O–H groups in total. The minimum Gasteiger partial charge on any atom is -0.444 e. The van der Waals surface area contributed by atoms with Crippen LogP contribution in [0.5, 0.6) is 5.75 Å². The molecule has 1 aliphatic heterocycles. The first-order chi connectivity index (χ1) is 18.6. The van der Waals surface area contributed by atoms with E-state index in [0.29, 0.717) is 18.4 Å². The molecule has 2 heterocycles. The maximum Gasteiger partial charge on any atom is 0.410 e. The molecule has 2 atom stereocenters. The summed E-state index contributed by atoms with van der Waals surface area (Å²) in [5.74, 6) is -2.07. The zero-order chi connectivity index (χ0) is 29.8. The highest BCUT2D eigenvalue weighted by molar-refractivity contribution is 7.86. The Labute approximate surface area is 232 Å². The predicted molar refractivity (Wildman–Crippen MR) is 143 cm³/mol. The summed E-state index contributed by atoms with van der Waals surface area (Å²) in [6.07, 6.45) is 0.379. The molecule has 1 aliphatic rings. The normalized spacial score (nSPS) is 17.4. The highest BCUT2D eigenvalue weighted by Crippen LogP contribution is 2.31. The molecule has 0 bridgehead atoms. The molecule has 220 valence electrons. The van der Waals surface area contributed by atoms with Gasteiger partial charge in [-0.25, -0.2) is 14.2 Å². The van der Waals surface area contributed by atoms with Crippen molar-refractivity contribution in [3.63, 3.8) is 0 Å². The third-order valence-corrected chi connectivity index (χ3v) is 6.57. The summed E-state index contributed by atoms with van der Waals surface area (Å²) in [4.78, 5) is 46.0. The van der Waals surface area contributed by atoms with E-state index in [0.717, 1.165) is 6.26 Å². The van der Waals surface area contributed by atoms with Crippen LogP contribution in [-0.4, -0.2) is 66.5 Å². The van der Waals surface area contributed by atoms with E-state index in [2.05, 4.69) is 10.3 Å². The number of benzene rings is 1. The SMILES string of the molecule is CCN(C(=O)OC(C)(C)C)C1CCC(OC)Cn2c1nc(C(=O)NCc1ccc(F)cc1)c(OS(C)(=O)=O)c2=O. The Bertz CT molecular complexity index is 1400. The smallest absolute Gasteiger partial charge is 0.410 e. The van der Waals surface area contributed by atoms with Crippen LogP contribution in [0.3, 0.4) is 0 Å². The number of ether oxygens (including phenoxy) is 2. The first kappa shape index (κ1) is 31.0. The molecule has 2 aromatic rings. The number of nitrogens with one attached hydrogen (secondary N) is 1. The number of hydrogen-bond acceptors (Lipinski definition) is 9. The summed E-state index contributed by atoms with van der Waals surface area (Å²) in [6.45, 7) is 7.03. The highest BCUT2D eigenvalue weighted by Gasteiger charge is 2.37. The first-order valence-corrected chi connectivity index (χ1v) is 14.5. The second-order valence-electron chi connectivity index (χ2n) is 10.4. The Morgan fingerprint density at radius 1 is 1.20 bits per heavy atom. The largest absolute Gasteiger partial charge is 0.444 e. The molecule has 1 aromatic heterocycles. The van der Waals surface area contributed by atoms with Gasteiger partial charge in [-0.3, -0.25) is 19.1 Å². The molecular weight excluding hydrogens is 547 g/mol. The molecule has 40 heavy (non-hydrogen) atoms. The highest BCUT2D eigenvalue weighted by atomic mass is 32.2. The van der Waals surface area contributed by atoms with Crippen LogP contribution in [0.1, 0.15) is 68.5 Å². The zero-order valence-electron chi connectivity index (χ0n) is 23.4. The van der Waals surface area contributed by atoms with E-state index >= 15 is 0 Å². The van der Waals surface area contributed by atoms with Gasteiger partial charge < -0.3 is 19.0 Å². The summed E-state index contributed by atoms with van der Waals surface area (Å²) in [7, 11) is -2.77. The van der Waals surface area contributed by atoms with Crippen LogP contribution in [0.25, 0.3) is 0 Å². The van der Waals surface area contributed by atoms with Crippen molar-refractivity contribution in [1.82, 2.24) is 19.8 Å². The van der Waals surface area contributed by atoms with E-state index in [1.165, 1.54) is 40.8 Å². The lowest BCUT2D eigenvalue weighted by Gasteiger charge is -2.32. The van der Waals surface area contributed by atoms with Crippen molar-refractivity contribution in [3.8, 4) is 5.75 Å². The van der Waals surface area contributed by atoms with Crippen molar-refractivity contribution in [2.24, 2.45) is 0 Å². The number of carbonyl (C=O) groups is 2. The monoisotopic (exact) mass is 582 g/mol. The average Bonchev–Trinajstić information content (AvgIpc) is 3.03. The topological polar surface area (TPSA) is 146 Å². The fourth-order valence-corrected chi connectivity index (χ4v) is 4.74. The minimum absolute atomic E-state index is 0.0162. The Balaban J connectivity index is 2.15. The van der Waals surface area contributed by atoms with Gasteiger partial charge in [0.05, 0.1) is 24.9 Å². The van der Waals surface area contributed by atoms with Crippen LogP contribution in [0.4, 0.5) is 9.18 Å². The number of aromatic nitrogens is 2. The molecule has 0 saturated carbocycles. The molecule has 14 heteroatoms. The van der Waals surface area contributed by atoms with Gasteiger partial charge in [0.1, 0.15) is 17.2 Å². The number of halogens is 1. The quantitative estimate of drug-likeness (QED) is 0.464. The molecule has 0 fully saturated rings. The third-order valence-electron chi connectivity index (χ3n) is 6.10. The van der Waals surface area contributed by atoms with Gasteiger partial charge in [-0.2, -0.15) is 8.42 Å². The van der Waals surface area contributed by atoms with Crippen molar-refractivity contribution in [3.05, 3.63) is 57.5 Å². The molecule has 2 amide bonds. The lowest BCUT2D eigenvalue weighted by molar-refractivity contribution is 0.0139. The minimum atomic E-state index is -4.24. The molecular formula is C26H35FN4O8S. The fraction of sp³-hybridized carbons (Fsp3) is 0.538. The molecule has 12 nitrogen and oxygen atoms in total. The van der Waals surface area contributed by atoms with E-state index < -0.39 is 62.7 Å². The molecule has 0 aliphatic carbocycles. The van der Waals surface area contributed by atoms with Crippen molar-refractivity contribution in [1.29, 1.82) is 0 Å². The summed E-state index contributed by atoms with van der Waals surface area (Å²) >= 11 is 0. The maximum absolute atomic E-state index is 13.7. The molecule has 0 spiro atoms. The van der Waals surface area contributed by atoms with Crippen LogP contribution in [0.2, 0.25) is 0 Å². The number of rotatable bonds is 8. The second kappa shape index (κ2) is 12.3. The number of amides is 2. The zero-order valence-corrected chi connectivity index (χ0v) is 24.2. The predicted octanol–water partition coefficient (Wildman–Crippen LogP) is 2.76. The van der Waals surface area contributed by atoms with E-state index in [1.54, 1.807) is 27.7 Å². The third kappa shape index (κ3) is 7.78. The Morgan fingerprint density at radius 3 is 2.40 bits per heavy atom. The van der Waals surface area contributed by atoms with Gasteiger partial charge in [0, 0.05) is 20.2 Å². The molecule has 3 rings (SSSR count). The van der Waals surface area contributed by atoms with Crippen LogP contribution in [0.15, 0.2) is 29.1 Å². The number of fused-ring (bicyclic) bond motifs is 1. The molecule has 0 radical (unpaired) electrons. The van der Waals surface area contributed by atoms with Crippen LogP contribution in [0, 0.1) is 5.82 Å². The van der Waals surface area contributed by atoms with Gasteiger partial charge in [0.2, 0.25) is 5.75 Å². The Hall–Kier alpha value is -3.52. The molecule has 2 unspecified atom stereocenters. The fourth-order valence-electron chi connectivity index (χ4n) is 4.29. The van der Waals surface area contributed by atoms with Crippen molar-refractivity contribution in [2.45, 2.75) is 71.4 Å². The van der Waals surface area contributed by atoms with Crippen molar-refractivity contribution < 1.29 is 36.1 Å². The second-order valence-corrected chi connectivity index (χ2v) is 12.0. The van der Waals surface area contributed by atoms with Crippen LogP contribution < -0.4 is 15.1 Å². The summed E-state index contributed by atoms with van der Waals surface area (Å²) < 4.78 is 54.7. The number of methoxy groups -OCH3 is 1. The lowest BCUT2D eigenvalue weighted by atomic mass is 10.1. The van der Waals surface area contributed by atoms with Crippen molar-refractivity contribution >= 4 is 22.1 Å². The van der Waals surface area contributed by atoms with Gasteiger partial charge in [-0.1, -0.05) is 12.1 Å². The lowest BCUT2D eigenvalue weighted by Crippen LogP contribution is -2.42. The average molecular weight is 583 g/mol. The number of hydrogen-bond donors (Lipinski definition) is 1. The maximum atomic E-state index is 13.7. The number of nitrogens with zero attached hydrogens (tertiary/aromatic N) is 3. The van der Waals surface area contributed by atoms with Gasteiger partial charge >= 0.3 is 16.2 Å². The van der Waals surface area contributed by atoms with E-state index in [-0.39, 0.29) is 25.5 Å². The Kier molecular flexibility index (Phi) is 9.56. The summed E-state index contributed by atoms with van der Waals surface area (Å²) in [6, 6.07) is 4.57. The van der Waals surface area contributed by atoms with Crippen LogP contribution in [-0.2, 0) is 32.7 Å². The molecule has 0 saturated heterocycles. The standard InChI is InChI=1S/C26H35FN4O8S/c1-7-30(25(34)38-26(2,3)4)19-13-12-18(37-5)15-31-22(19)29-20(21(24(31)33)39-40(6,35)36)23(32)28-14-16-8-10-17(27)11-9-16/h8-11,18-19H,7,12-15H2,1-6H3,(H,28,32). The first-order valence-electron chi connectivity index (χ1n) is 12.7. The van der Waals surface area contributed by atoms with Gasteiger partial charge in [-0.05, 0) is 58.2 Å². The number of carbonyl (C=O) groups excluding carboxylic acids is 2. The van der Waals surface area contributed by atoms with Gasteiger partial charge in [0.25, 0.3) is 11.5 Å². The Morgan fingerprint density at radius 2 is 1.85 bits per heavy atom. The molecule has 1 aromatic carbocycles. The van der Waals surface area contributed by atoms with Crippen molar-refractivity contribution in [2.75, 3.05) is 19.9 Å². The van der Waals surface area contributed by atoms with E-state index in [4.69, 9.17) is 13.7 Å².